The van der Waals surface area contributed by atoms with Gasteiger partial charge in [-0.05, 0) is 45.0 Å². The lowest BCUT2D eigenvalue weighted by Crippen LogP contribution is -2.36. The van der Waals surface area contributed by atoms with Crippen LogP contribution in [0.1, 0.15) is 42.5 Å². The number of nitrogens with one attached hydrogen (secondary N) is 2. The molecule has 0 saturated carbocycles. The molecule has 1 atom stereocenters. The van der Waals surface area contributed by atoms with Crippen molar-refractivity contribution in [3.8, 4) is 17.3 Å². The lowest BCUT2D eigenvalue weighted by Gasteiger charge is -2.14. The van der Waals surface area contributed by atoms with E-state index in [9.17, 15) is 14.3 Å². The molecule has 0 unspecified atom stereocenters. The maximum Gasteiger partial charge on any atom is 0.272 e. The minimum Gasteiger partial charge on any atom is -0.384 e. The van der Waals surface area contributed by atoms with Crippen molar-refractivity contribution in [2.24, 2.45) is 0 Å². The second-order valence-corrected chi connectivity index (χ2v) is 7.86. The van der Waals surface area contributed by atoms with Gasteiger partial charge in [-0.25, -0.2) is 4.39 Å². The Hall–Kier alpha value is -3.22. The summed E-state index contributed by atoms with van der Waals surface area (Å²) in [6.07, 6.45) is 1.70. The fraction of sp³-hybridized carbons (Fsp3) is 0.300. The number of aliphatic hydroxyl groups is 1. The highest BCUT2D eigenvalue weighted by atomic mass is 35.5. The first kappa shape index (κ1) is 21.5. The van der Waals surface area contributed by atoms with E-state index in [4.69, 9.17) is 16.9 Å². The van der Waals surface area contributed by atoms with Crippen LogP contribution in [0.2, 0.25) is 5.02 Å². The molecule has 30 heavy (non-hydrogen) atoms. The Bertz CT molecular complexity index is 1100. The van der Waals surface area contributed by atoms with Gasteiger partial charge in [-0.1, -0.05) is 11.6 Å². The molecule has 0 fully saturated rings. The van der Waals surface area contributed by atoms with Gasteiger partial charge < -0.3 is 10.4 Å². The van der Waals surface area contributed by atoms with E-state index in [1.807, 2.05) is 0 Å². The van der Waals surface area contributed by atoms with Crippen molar-refractivity contribution >= 4 is 17.5 Å². The van der Waals surface area contributed by atoms with Crippen molar-refractivity contribution in [1.29, 1.82) is 5.26 Å². The zero-order valence-electron chi connectivity index (χ0n) is 16.6. The molecule has 0 radical (unpaired) electrons. The average Bonchev–Trinajstić information content (AvgIpc) is 3.30. The third-order valence-corrected chi connectivity index (χ3v) is 4.70. The molecule has 0 saturated heterocycles. The number of nitrogens with zero attached hydrogens (tertiary/aromatic N) is 4. The second-order valence-electron chi connectivity index (χ2n) is 7.45. The molecule has 1 amide bonds. The SMILES string of the molecule is C[C@@H](Cn1ccc(-c2cc(F)c(C#N)c(Cl)c2)n1)NC(=O)c1cc(C(C)(C)O)[nH]n1. The van der Waals surface area contributed by atoms with Gasteiger partial charge in [0.2, 0.25) is 0 Å². The molecule has 0 spiro atoms. The minimum atomic E-state index is -1.13. The summed E-state index contributed by atoms with van der Waals surface area (Å²) in [6, 6.07) is 7.32. The highest BCUT2D eigenvalue weighted by Gasteiger charge is 2.22. The summed E-state index contributed by atoms with van der Waals surface area (Å²) < 4.78 is 15.6. The molecule has 0 aliphatic heterocycles. The Morgan fingerprint density at radius 2 is 2.20 bits per heavy atom. The van der Waals surface area contributed by atoms with Crippen molar-refractivity contribution in [3.63, 3.8) is 0 Å². The number of benzene rings is 1. The molecule has 0 aliphatic carbocycles. The number of halogens is 2. The minimum absolute atomic E-state index is 0.0205. The maximum absolute atomic E-state index is 14.0. The van der Waals surface area contributed by atoms with Crippen molar-refractivity contribution in [1.82, 2.24) is 25.3 Å². The van der Waals surface area contributed by atoms with Crippen LogP contribution in [0.25, 0.3) is 11.3 Å². The van der Waals surface area contributed by atoms with Crippen LogP contribution in [0.3, 0.4) is 0 Å². The summed E-state index contributed by atoms with van der Waals surface area (Å²) in [6.45, 7) is 5.35. The van der Waals surface area contributed by atoms with Gasteiger partial charge in [0.25, 0.3) is 5.91 Å². The van der Waals surface area contributed by atoms with Gasteiger partial charge in [-0.2, -0.15) is 15.5 Å². The lowest BCUT2D eigenvalue weighted by molar-refractivity contribution is 0.0738. The summed E-state index contributed by atoms with van der Waals surface area (Å²) >= 11 is 5.95. The van der Waals surface area contributed by atoms with Crippen LogP contribution in [-0.4, -0.2) is 37.0 Å². The average molecular weight is 431 g/mol. The number of nitriles is 1. The maximum atomic E-state index is 14.0. The second kappa shape index (κ2) is 8.26. The monoisotopic (exact) mass is 430 g/mol. The first-order valence-electron chi connectivity index (χ1n) is 9.10. The van der Waals surface area contributed by atoms with Gasteiger partial charge in [0.05, 0.1) is 23.0 Å². The van der Waals surface area contributed by atoms with Crippen molar-refractivity contribution < 1.29 is 14.3 Å². The first-order chi connectivity index (χ1) is 14.1. The van der Waals surface area contributed by atoms with Gasteiger partial charge >= 0.3 is 0 Å². The van der Waals surface area contributed by atoms with Crippen LogP contribution in [0.4, 0.5) is 4.39 Å². The van der Waals surface area contributed by atoms with E-state index >= 15 is 0 Å². The summed E-state index contributed by atoms with van der Waals surface area (Å²) in [7, 11) is 0. The molecule has 2 heterocycles. The van der Waals surface area contributed by atoms with E-state index in [1.54, 1.807) is 43.8 Å². The Labute approximate surface area is 177 Å². The zero-order chi connectivity index (χ0) is 22.1. The van der Waals surface area contributed by atoms with Crippen molar-refractivity contribution in [2.75, 3.05) is 0 Å². The highest BCUT2D eigenvalue weighted by molar-refractivity contribution is 6.32. The molecule has 3 N–H and O–H groups in total. The summed E-state index contributed by atoms with van der Waals surface area (Å²) in [5.41, 5.74) is 0.204. The summed E-state index contributed by atoms with van der Waals surface area (Å²) in [4.78, 5) is 12.4. The van der Waals surface area contributed by atoms with Crippen LogP contribution in [0.5, 0.6) is 0 Å². The Morgan fingerprint density at radius 1 is 1.47 bits per heavy atom. The molecule has 0 aliphatic rings. The largest absolute Gasteiger partial charge is 0.384 e. The number of carbonyl (C=O) groups excluding carboxylic acids is 1. The molecule has 10 heteroatoms. The third-order valence-electron chi connectivity index (χ3n) is 4.40. The van der Waals surface area contributed by atoms with Gasteiger partial charge in [-0.15, -0.1) is 0 Å². The summed E-state index contributed by atoms with van der Waals surface area (Å²) in [5, 5.41) is 32.7. The number of hydrogen-bond donors (Lipinski definition) is 3. The van der Waals surface area contributed by atoms with E-state index < -0.39 is 11.4 Å². The van der Waals surface area contributed by atoms with E-state index in [0.717, 1.165) is 0 Å². The molecular formula is C20H20ClFN6O2. The topological polar surface area (TPSA) is 120 Å². The molecule has 1 aromatic carbocycles. The number of aromatic nitrogens is 4. The molecular weight excluding hydrogens is 411 g/mol. The van der Waals surface area contributed by atoms with Gasteiger partial charge in [0.1, 0.15) is 28.7 Å². The molecule has 3 rings (SSSR count). The number of aromatic amines is 1. The van der Waals surface area contributed by atoms with Gasteiger partial charge in [-0.3, -0.25) is 14.6 Å². The fourth-order valence-electron chi connectivity index (χ4n) is 2.82. The highest BCUT2D eigenvalue weighted by Crippen LogP contribution is 2.26. The molecule has 2 aromatic heterocycles. The van der Waals surface area contributed by atoms with Crippen LogP contribution >= 0.6 is 11.6 Å². The third kappa shape index (κ3) is 4.67. The van der Waals surface area contributed by atoms with Crippen LogP contribution in [-0.2, 0) is 12.1 Å². The Balaban J connectivity index is 1.67. The van der Waals surface area contributed by atoms with E-state index in [2.05, 4.69) is 20.6 Å². The normalized spacial score (nSPS) is 12.4. The van der Waals surface area contributed by atoms with Gasteiger partial charge in [0.15, 0.2) is 0 Å². The number of H-pyrrole nitrogens is 1. The lowest BCUT2D eigenvalue weighted by atomic mass is 10.1. The van der Waals surface area contributed by atoms with Crippen molar-refractivity contribution in [2.45, 2.75) is 39.0 Å². The van der Waals surface area contributed by atoms with Crippen LogP contribution in [0, 0.1) is 17.1 Å². The van der Waals surface area contributed by atoms with E-state index in [1.165, 1.54) is 18.2 Å². The fourth-order valence-corrected chi connectivity index (χ4v) is 3.07. The van der Waals surface area contributed by atoms with Gasteiger partial charge in [0, 0.05) is 17.8 Å². The number of hydrogen-bond acceptors (Lipinski definition) is 5. The van der Waals surface area contributed by atoms with Crippen LogP contribution < -0.4 is 5.32 Å². The van der Waals surface area contributed by atoms with E-state index in [-0.39, 0.29) is 28.2 Å². The quantitative estimate of drug-likeness (QED) is 0.555. The molecule has 8 nitrogen and oxygen atoms in total. The number of carbonyl (C=O) groups is 1. The number of rotatable bonds is 6. The molecule has 0 bridgehead atoms. The van der Waals surface area contributed by atoms with Crippen LogP contribution in [0.15, 0.2) is 30.5 Å². The predicted octanol–water partition coefficient (Wildman–Crippen LogP) is 2.98. The van der Waals surface area contributed by atoms with Crippen molar-refractivity contribution in [3.05, 3.63) is 58.3 Å². The molecule has 3 aromatic rings. The Morgan fingerprint density at radius 3 is 2.80 bits per heavy atom. The first-order valence-corrected chi connectivity index (χ1v) is 9.48. The number of amides is 1. The standard InChI is InChI=1S/C20H20ClFN6O2/c1-11(24-19(29)17-8-18(26-25-17)20(2,3)30)10-28-5-4-16(27-28)12-6-14(21)13(9-23)15(22)7-12/h4-8,11,30H,10H2,1-3H3,(H,24,29)(H,25,26)/t11-/m0/s1. The molecule has 156 valence electrons. The predicted molar refractivity (Wildman–Crippen MR) is 108 cm³/mol. The zero-order valence-corrected chi connectivity index (χ0v) is 17.3. The smallest absolute Gasteiger partial charge is 0.272 e. The summed E-state index contributed by atoms with van der Waals surface area (Å²) in [5.74, 6) is -1.10. The van der Waals surface area contributed by atoms with E-state index in [0.29, 0.717) is 23.5 Å². The Kier molecular flexibility index (Phi) is 5.92.